The Balaban J connectivity index is 2.46. The number of rotatable bonds is 3. The van der Waals surface area contributed by atoms with Crippen molar-refractivity contribution < 1.29 is 8.42 Å². The van der Waals surface area contributed by atoms with Gasteiger partial charge >= 0.3 is 0 Å². The first-order valence-corrected chi connectivity index (χ1v) is 7.90. The van der Waals surface area contributed by atoms with Crippen LogP contribution in [0, 0.1) is 6.92 Å². The van der Waals surface area contributed by atoms with E-state index in [2.05, 4.69) is 0 Å². The van der Waals surface area contributed by atoms with Crippen LogP contribution in [0.3, 0.4) is 0 Å². The van der Waals surface area contributed by atoms with Gasteiger partial charge in [0.2, 0.25) is 0 Å². The number of aryl methyl sites for hydroxylation is 1. The third-order valence-electron chi connectivity index (χ3n) is 3.17. The van der Waals surface area contributed by atoms with Crippen molar-refractivity contribution in [2.75, 3.05) is 6.26 Å². The SMILES string of the molecule is Cc1ccccc1C(N)c1cccc(S(C)(=O)=O)c1. The molecule has 0 aliphatic carbocycles. The van der Waals surface area contributed by atoms with Crippen molar-refractivity contribution in [2.45, 2.75) is 17.9 Å². The molecule has 2 aromatic rings. The molecule has 19 heavy (non-hydrogen) atoms. The van der Waals surface area contributed by atoms with Crippen LogP contribution in [0.2, 0.25) is 0 Å². The lowest BCUT2D eigenvalue weighted by Gasteiger charge is -2.15. The summed E-state index contributed by atoms with van der Waals surface area (Å²) in [5, 5.41) is 0. The van der Waals surface area contributed by atoms with Crippen molar-refractivity contribution in [1.29, 1.82) is 0 Å². The molecule has 3 nitrogen and oxygen atoms in total. The second kappa shape index (κ2) is 5.15. The number of sulfone groups is 1. The highest BCUT2D eigenvalue weighted by Crippen LogP contribution is 2.24. The first-order valence-electron chi connectivity index (χ1n) is 6.01. The van der Waals surface area contributed by atoms with Gasteiger partial charge in [0.1, 0.15) is 0 Å². The minimum absolute atomic E-state index is 0.300. The Morgan fingerprint density at radius 3 is 2.37 bits per heavy atom. The summed E-state index contributed by atoms with van der Waals surface area (Å²) in [5.74, 6) is 0. The monoisotopic (exact) mass is 275 g/mol. The predicted octanol–water partition coefficient (Wildman–Crippen LogP) is 2.45. The van der Waals surface area contributed by atoms with Gasteiger partial charge in [-0.25, -0.2) is 8.42 Å². The molecule has 1 atom stereocenters. The van der Waals surface area contributed by atoms with E-state index in [1.807, 2.05) is 37.3 Å². The fourth-order valence-corrected chi connectivity index (χ4v) is 2.73. The van der Waals surface area contributed by atoms with Crippen LogP contribution in [0.4, 0.5) is 0 Å². The summed E-state index contributed by atoms with van der Waals surface area (Å²) in [5.41, 5.74) is 9.14. The molecule has 1 unspecified atom stereocenters. The van der Waals surface area contributed by atoms with E-state index in [4.69, 9.17) is 5.73 Å². The van der Waals surface area contributed by atoms with Crippen molar-refractivity contribution >= 4 is 9.84 Å². The molecule has 100 valence electrons. The van der Waals surface area contributed by atoms with Crippen LogP contribution in [0.25, 0.3) is 0 Å². The summed E-state index contributed by atoms with van der Waals surface area (Å²) in [6.07, 6.45) is 1.20. The molecule has 0 heterocycles. The van der Waals surface area contributed by atoms with Crippen LogP contribution >= 0.6 is 0 Å². The summed E-state index contributed by atoms with van der Waals surface area (Å²) in [7, 11) is -3.21. The second-order valence-corrected chi connectivity index (χ2v) is 6.69. The van der Waals surface area contributed by atoms with Crippen molar-refractivity contribution in [3.63, 3.8) is 0 Å². The average molecular weight is 275 g/mol. The normalized spacial score (nSPS) is 13.2. The second-order valence-electron chi connectivity index (χ2n) is 4.68. The zero-order chi connectivity index (χ0) is 14.0. The van der Waals surface area contributed by atoms with Crippen molar-refractivity contribution in [3.05, 3.63) is 65.2 Å². The van der Waals surface area contributed by atoms with E-state index in [1.165, 1.54) is 6.26 Å². The molecular formula is C15H17NO2S. The standard InChI is InChI=1S/C15H17NO2S/c1-11-6-3-4-9-14(11)15(16)12-7-5-8-13(10-12)19(2,17)18/h3-10,15H,16H2,1-2H3. The minimum Gasteiger partial charge on any atom is -0.320 e. The lowest BCUT2D eigenvalue weighted by molar-refractivity contribution is 0.601. The predicted molar refractivity (Wildman–Crippen MR) is 76.8 cm³/mol. The van der Waals surface area contributed by atoms with Gasteiger partial charge < -0.3 is 5.73 Å². The van der Waals surface area contributed by atoms with E-state index in [9.17, 15) is 8.42 Å². The Morgan fingerprint density at radius 1 is 1.05 bits per heavy atom. The highest BCUT2D eigenvalue weighted by Gasteiger charge is 2.14. The summed E-state index contributed by atoms with van der Waals surface area (Å²) >= 11 is 0. The Kier molecular flexibility index (Phi) is 3.73. The summed E-state index contributed by atoms with van der Waals surface area (Å²) in [6.45, 7) is 2.00. The minimum atomic E-state index is -3.21. The van der Waals surface area contributed by atoms with Crippen molar-refractivity contribution in [2.24, 2.45) is 5.73 Å². The molecule has 0 aliphatic rings. The zero-order valence-electron chi connectivity index (χ0n) is 11.0. The van der Waals surface area contributed by atoms with E-state index >= 15 is 0 Å². The average Bonchev–Trinajstić information content (AvgIpc) is 2.38. The Labute approximate surface area is 114 Å². The lowest BCUT2D eigenvalue weighted by atomic mass is 9.96. The maximum Gasteiger partial charge on any atom is 0.175 e. The van der Waals surface area contributed by atoms with Crippen LogP contribution in [0.1, 0.15) is 22.7 Å². The quantitative estimate of drug-likeness (QED) is 0.936. The molecule has 0 aromatic heterocycles. The van der Waals surface area contributed by atoms with E-state index in [1.54, 1.807) is 18.2 Å². The highest BCUT2D eigenvalue weighted by molar-refractivity contribution is 7.90. The van der Waals surface area contributed by atoms with E-state index in [0.717, 1.165) is 16.7 Å². The fraction of sp³-hybridized carbons (Fsp3) is 0.200. The molecule has 0 fully saturated rings. The topological polar surface area (TPSA) is 60.2 Å². The first-order chi connectivity index (χ1) is 8.89. The molecule has 2 aromatic carbocycles. The summed E-state index contributed by atoms with van der Waals surface area (Å²) < 4.78 is 23.1. The van der Waals surface area contributed by atoms with Crippen LogP contribution < -0.4 is 5.73 Å². The molecule has 0 radical (unpaired) electrons. The molecule has 0 bridgehead atoms. The zero-order valence-corrected chi connectivity index (χ0v) is 11.8. The third kappa shape index (κ3) is 3.03. The summed E-state index contributed by atoms with van der Waals surface area (Å²) in [4.78, 5) is 0.300. The van der Waals surface area contributed by atoms with Crippen molar-refractivity contribution in [1.82, 2.24) is 0 Å². The maximum atomic E-state index is 11.6. The molecular weight excluding hydrogens is 258 g/mol. The Hall–Kier alpha value is -1.65. The molecule has 2 rings (SSSR count). The molecule has 0 aliphatic heterocycles. The molecule has 0 spiro atoms. The largest absolute Gasteiger partial charge is 0.320 e. The third-order valence-corrected chi connectivity index (χ3v) is 4.28. The maximum absolute atomic E-state index is 11.6. The van der Waals surface area contributed by atoms with Crippen molar-refractivity contribution in [3.8, 4) is 0 Å². The van der Waals surface area contributed by atoms with E-state index < -0.39 is 9.84 Å². The van der Waals surface area contributed by atoms with Gasteiger partial charge in [0, 0.05) is 6.26 Å². The fourth-order valence-electron chi connectivity index (χ4n) is 2.05. The Morgan fingerprint density at radius 2 is 1.74 bits per heavy atom. The molecule has 0 saturated carbocycles. The number of nitrogens with two attached hydrogens (primary N) is 1. The van der Waals surface area contributed by atoms with Crippen LogP contribution in [0.15, 0.2) is 53.4 Å². The van der Waals surface area contributed by atoms with Gasteiger partial charge in [0.05, 0.1) is 10.9 Å². The molecule has 0 amide bonds. The molecule has 4 heteroatoms. The lowest BCUT2D eigenvalue weighted by Crippen LogP contribution is -2.13. The van der Waals surface area contributed by atoms with Gasteiger partial charge in [0.15, 0.2) is 9.84 Å². The Bertz CT molecular complexity index is 693. The van der Waals surface area contributed by atoms with Gasteiger partial charge in [-0.05, 0) is 35.7 Å². The van der Waals surface area contributed by atoms with Crippen LogP contribution in [0.5, 0.6) is 0 Å². The van der Waals surface area contributed by atoms with E-state index in [-0.39, 0.29) is 6.04 Å². The van der Waals surface area contributed by atoms with Crippen LogP contribution in [-0.4, -0.2) is 14.7 Å². The van der Waals surface area contributed by atoms with Crippen LogP contribution in [-0.2, 0) is 9.84 Å². The van der Waals surface area contributed by atoms with Gasteiger partial charge in [-0.3, -0.25) is 0 Å². The molecule has 0 saturated heterocycles. The summed E-state index contributed by atoms with van der Waals surface area (Å²) in [6, 6.07) is 14.3. The van der Waals surface area contributed by atoms with E-state index in [0.29, 0.717) is 4.90 Å². The highest BCUT2D eigenvalue weighted by atomic mass is 32.2. The number of hydrogen-bond donors (Lipinski definition) is 1. The van der Waals surface area contributed by atoms with Gasteiger partial charge in [-0.2, -0.15) is 0 Å². The smallest absolute Gasteiger partial charge is 0.175 e. The number of benzene rings is 2. The number of hydrogen-bond acceptors (Lipinski definition) is 3. The first kappa shape index (κ1) is 13.8. The van der Waals surface area contributed by atoms with Gasteiger partial charge in [-0.15, -0.1) is 0 Å². The van der Waals surface area contributed by atoms with Gasteiger partial charge in [0.25, 0.3) is 0 Å². The molecule has 2 N–H and O–H groups in total. The van der Waals surface area contributed by atoms with Gasteiger partial charge in [-0.1, -0.05) is 36.4 Å².